The van der Waals surface area contributed by atoms with Gasteiger partial charge in [0.15, 0.2) is 5.69 Å². The number of rotatable bonds is 9. The molecule has 1 saturated carbocycles. The molecular formula is C26H34N6O4. The van der Waals surface area contributed by atoms with Crippen molar-refractivity contribution in [2.75, 3.05) is 33.3 Å². The van der Waals surface area contributed by atoms with Crippen molar-refractivity contribution in [3.63, 3.8) is 0 Å². The number of imidazole rings is 1. The first-order valence-electron chi connectivity index (χ1n) is 12.7. The molecule has 1 aliphatic carbocycles. The second kappa shape index (κ2) is 9.93. The molecule has 10 heteroatoms. The van der Waals surface area contributed by atoms with Gasteiger partial charge in [-0.1, -0.05) is 18.2 Å². The van der Waals surface area contributed by atoms with Crippen molar-refractivity contribution >= 4 is 17.7 Å². The Morgan fingerprint density at radius 3 is 2.64 bits per heavy atom. The molecule has 0 unspecified atom stereocenters. The second-order valence-corrected chi connectivity index (χ2v) is 10.0. The number of hydrogen-bond acceptors (Lipinski definition) is 6. The molecule has 0 bridgehead atoms. The van der Waals surface area contributed by atoms with Crippen LogP contribution in [0.15, 0.2) is 30.6 Å². The van der Waals surface area contributed by atoms with Crippen molar-refractivity contribution in [3.05, 3.63) is 47.5 Å². The van der Waals surface area contributed by atoms with Crippen LogP contribution in [0, 0.1) is 0 Å². The quantitative estimate of drug-likeness (QED) is 0.546. The zero-order chi connectivity index (χ0) is 25.3. The smallest absolute Gasteiger partial charge is 0.274 e. The van der Waals surface area contributed by atoms with Crippen LogP contribution in [0.25, 0.3) is 0 Å². The Hall–Kier alpha value is -3.40. The molecule has 1 saturated heterocycles. The number of carbonyl (C=O) groups excluding carboxylic acids is 3. The van der Waals surface area contributed by atoms with Gasteiger partial charge in [0, 0.05) is 31.2 Å². The lowest BCUT2D eigenvalue weighted by Gasteiger charge is -2.44. The number of methoxy groups -OCH3 is 1. The number of amides is 3. The fourth-order valence-corrected chi connectivity index (χ4v) is 5.35. The predicted octanol–water partition coefficient (Wildman–Crippen LogP) is 1.41. The topological polar surface area (TPSA) is 109 Å². The van der Waals surface area contributed by atoms with Crippen molar-refractivity contribution in [2.24, 2.45) is 0 Å². The number of nitrogens with one attached hydrogen (secondary N) is 2. The van der Waals surface area contributed by atoms with Gasteiger partial charge >= 0.3 is 0 Å². The van der Waals surface area contributed by atoms with Crippen molar-refractivity contribution in [1.29, 1.82) is 0 Å². The number of benzene rings is 1. The van der Waals surface area contributed by atoms with Crippen LogP contribution in [0.5, 0.6) is 5.75 Å². The van der Waals surface area contributed by atoms with E-state index in [0.29, 0.717) is 12.3 Å². The van der Waals surface area contributed by atoms with E-state index in [0.717, 1.165) is 38.0 Å². The molecule has 2 N–H and O–H groups in total. The summed E-state index contributed by atoms with van der Waals surface area (Å²) in [5, 5.41) is 5.92. The first-order chi connectivity index (χ1) is 17.4. The van der Waals surface area contributed by atoms with E-state index in [2.05, 4.69) is 20.5 Å². The number of aromatic nitrogens is 2. The minimum atomic E-state index is -1.10. The van der Waals surface area contributed by atoms with E-state index in [1.807, 2.05) is 24.3 Å². The van der Waals surface area contributed by atoms with E-state index in [1.165, 1.54) is 19.2 Å². The fourth-order valence-electron chi connectivity index (χ4n) is 5.35. The molecule has 1 aromatic carbocycles. The summed E-state index contributed by atoms with van der Waals surface area (Å²) in [5.41, 5.74) is 0.143. The van der Waals surface area contributed by atoms with E-state index in [1.54, 1.807) is 23.5 Å². The first-order valence-corrected chi connectivity index (χ1v) is 12.7. The molecule has 0 radical (unpaired) electrons. The van der Waals surface area contributed by atoms with E-state index in [4.69, 9.17) is 4.74 Å². The van der Waals surface area contributed by atoms with Crippen LogP contribution >= 0.6 is 0 Å². The summed E-state index contributed by atoms with van der Waals surface area (Å²) in [7, 11) is 1.59. The Labute approximate surface area is 211 Å². The minimum Gasteiger partial charge on any atom is -0.496 e. The van der Waals surface area contributed by atoms with Gasteiger partial charge in [-0.05, 0) is 51.8 Å². The molecule has 3 amide bonds. The molecule has 192 valence electrons. The summed E-state index contributed by atoms with van der Waals surface area (Å²) >= 11 is 0. The van der Waals surface area contributed by atoms with Crippen molar-refractivity contribution in [1.82, 2.24) is 30.0 Å². The van der Waals surface area contributed by atoms with Gasteiger partial charge in [0.1, 0.15) is 17.0 Å². The molecule has 2 aromatic rings. The minimum absolute atomic E-state index is 0.0192. The monoisotopic (exact) mass is 494 g/mol. The van der Waals surface area contributed by atoms with Gasteiger partial charge in [-0.25, -0.2) is 4.98 Å². The molecular weight excluding hydrogens is 460 g/mol. The van der Waals surface area contributed by atoms with Gasteiger partial charge in [-0.2, -0.15) is 0 Å². The average molecular weight is 495 g/mol. The number of likely N-dealkylation sites (tertiary alicyclic amines) is 1. The summed E-state index contributed by atoms with van der Waals surface area (Å²) < 4.78 is 7.05. The first kappa shape index (κ1) is 24.3. The molecule has 3 aliphatic rings. The summed E-state index contributed by atoms with van der Waals surface area (Å²) in [6.45, 7) is 5.72. The average Bonchev–Trinajstić information content (AvgIpc) is 3.38. The fraction of sp³-hybridized carbons (Fsp3) is 0.538. The summed E-state index contributed by atoms with van der Waals surface area (Å²) in [6.07, 6.45) is 5.57. The summed E-state index contributed by atoms with van der Waals surface area (Å²) in [5.74, 6) is -0.221. The molecule has 1 atom stereocenters. The van der Waals surface area contributed by atoms with Crippen LogP contribution in [-0.4, -0.2) is 81.9 Å². The molecule has 2 fully saturated rings. The molecule has 10 nitrogen and oxygen atoms in total. The Morgan fingerprint density at radius 1 is 1.17 bits per heavy atom. The highest BCUT2D eigenvalue weighted by molar-refractivity contribution is 6.07. The Morgan fingerprint density at radius 2 is 1.92 bits per heavy atom. The van der Waals surface area contributed by atoms with Crippen LogP contribution in [0.1, 0.15) is 59.1 Å². The van der Waals surface area contributed by atoms with Crippen LogP contribution in [0.2, 0.25) is 0 Å². The maximum absolute atomic E-state index is 13.7. The third kappa shape index (κ3) is 4.57. The Bertz CT molecular complexity index is 1150. The number of hydrogen-bond donors (Lipinski definition) is 2. The van der Waals surface area contributed by atoms with Crippen LogP contribution < -0.4 is 15.4 Å². The lowest BCUT2D eigenvalue weighted by atomic mass is 9.93. The van der Waals surface area contributed by atoms with Gasteiger partial charge in [0.25, 0.3) is 11.8 Å². The van der Waals surface area contributed by atoms with Crippen LogP contribution in [0.4, 0.5) is 0 Å². The molecule has 0 spiro atoms. The number of carbonyl (C=O) groups is 3. The highest BCUT2D eigenvalue weighted by Crippen LogP contribution is 2.39. The SMILES string of the molecule is COc1ccccc1CNC(=O)[C@]1(C)Cn2cnc(C(=O)NCCN3CCCC3)c2C(=O)N1C1CC1. The standard InChI is InChI=1S/C26H34N6O4/c1-26(25(35)28-15-18-7-3-4-8-20(18)36-2)16-31-17-29-21(22(31)24(34)32(26)19-9-10-19)23(33)27-11-14-30-12-5-6-13-30/h3-4,7-8,17,19H,5-6,9-16H2,1-2H3,(H,27,33)(H,28,35)/t26-/m0/s1. The van der Waals surface area contributed by atoms with E-state index in [-0.39, 0.29) is 48.2 Å². The summed E-state index contributed by atoms with van der Waals surface area (Å²) in [4.78, 5) is 48.5. The highest BCUT2D eigenvalue weighted by Gasteiger charge is 2.53. The zero-order valence-electron chi connectivity index (χ0n) is 21.0. The zero-order valence-corrected chi connectivity index (χ0v) is 21.0. The Balaban J connectivity index is 1.32. The van der Waals surface area contributed by atoms with Gasteiger partial charge in [0.05, 0.1) is 20.0 Å². The lowest BCUT2D eigenvalue weighted by Crippen LogP contribution is -2.64. The Kier molecular flexibility index (Phi) is 6.70. The van der Waals surface area contributed by atoms with Gasteiger partial charge < -0.3 is 29.7 Å². The molecule has 36 heavy (non-hydrogen) atoms. The molecule has 1 aromatic heterocycles. The van der Waals surface area contributed by atoms with Crippen LogP contribution in [-0.2, 0) is 17.9 Å². The maximum Gasteiger partial charge on any atom is 0.274 e. The molecule has 3 heterocycles. The third-order valence-electron chi connectivity index (χ3n) is 7.43. The predicted molar refractivity (Wildman–Crippen MR) is 133 cm³/mol. The lowest BCUT2D eigenvalue weighted by molar-refractivity contribution is -0.133. The van der Waals surface area contributed by atoms with Crippen molar-refractivity contribution < 1.29 is 19.1 Å². The second-order valence-electron chi connectivity index (χ2n) is 10.0. The summed E-state index contributed by atoms with van der Waals surface area (Å²) in [6, 6.07) is 7.49. The van der Waals surface area contributed by atoms with E-state index < -0.39 is 5.54 Å². The number of fused-ring (bicyclic) bond motifs is 1. The molecule has 5 rings (SSSR count). The van der Waals surface area contributed by atoms with Crippen molar-refractivity contribution in [2.45, 2.75) is 57.3 Å². The number of nitrogens with zero attached hydrogens (tertiary/aromatic N) is 4. The van der Waals surface area contributed by atoms with Gasteiger partial charge in [-0.15, -0.1) is 0 Å². The van der Waals surface area contributed by atoms with Crippen molar-refractivity contribution in [3.8, 4) is 5.75 Å². The largest absolute Gasteiger partial charge is 0.496 e. The maximum atomic E-state index is 13.7. The number of para-hydroxylation sites is 1. The van der Waals surface area contributed by atoms with Gasteiger partial charge in [0.2, 0.25) is 5.91 Å². The highest BCUT2D eigenvalue weighted by atomic mass is 16.5. The van der Waals surface area contributed by atoms with E-state index >= 15 is 0 Å². The van der Waals surface area contributed by atoms with Gasteiger partial charge in [-0.3, -0.25) is 14.4 Å². The van der Waals surface area contributed by atoms with E-state index in [9.17, 15) is 14.4 Å². The molecule has 2 aliphatic heterocycles. The third-order valence-corrected chi connectivity index (χ3v) is 7.43. The normalized spacial score (nSPS) is 21.8. The van der Waals surface area contributed by atoms with Crippen LogP contribution in [0.3, 0.4) is 0 Å². The number of ether oxygens (including phenoxy) is 1.